The zero-order valence-electron chi connectivity index (χ0n) is 12.4. The van der Waals surface area contributed by atoms with Crippen LogP contribution in [0.1, 0.15) is 17.9 Å². The van der Waals surface area contributed by atoms with Crippen molar-refractivity contribution in [2.24, 2.45) is 0 Å². The van der Waals surface area contributed by atoms with Crippen molar-refractivity contribution in [1.82, 2.24) is 10.3 Å². The first-order valence-corrected chi connectivity index (χ1v) is 6.96. The average Bonchev–Trinajstić information content (AvgIpc) is 3.07. The first-order chi connectivity index (χ1) is 11.3. The molecule has 0 saturated heterocycles. The van der Waals surface area contributed by atoms with Crippen LogP contribution in [0.3, 0.4) is 0 Å². The Morgan fingerprint density at radius 3 is 2.58 bits per heavy atom. The second-order valence-electron chi connectivity index (χ2n) is 4.93. The van der Waals surface area contributed by atoms with Crippen molar-refractivity contribution in [1.29, 1.82) is 0 Å². The van der Waals surface area contributed by atoms with Crippen molar-refractivity contribution in [2.45, 2.75) is 24.8 Å². The number of aliphatic hydroxyl groups is 1. The van der Waals surface area contributed by atoms with Crippen molar-refractivity contribution < 1.29 is 32.2 Å². The number of carbonyl (C=O) groups excluding carboxylic acids is 1. The Kier molecular flexibility index (Phi) is 5.45. The molecule has 6 nitrogen and oxygen atoms in total. The lowest BCUT2D eigenvalue weighted by Gasteiger charge is -2.27. The van der Waals surface area contributed by atoms with Crippen LogP contribution in [0.15, 0.2) is 47.2 Å². The van der Waals surface area contributed by atoms with Gasteiger partial charge in [-0.3, -0.25) is 0 Å². The van der Waals surface area contributed by atoms with Gasteiger partial charge in [-0.1, -0.05) is 30.3 Å². The molecule has 2 N–H and O–H groups in total. The smallest absolute Gasteiger partial charge is 0.426 e. The molecule has 2 rings (SSSR count). The number of carbonyl (C=O) groups is 1. The molecule has 0 fully saturated rings. The van der Waals surface area contributed by atoms with E-state index in [4.69, 9.17) is 4.74 Å². The molecule has 9 heteroatoms. The number of oxazole rings is 1. The molecule has 1 amide bonds. The van der Waals surface area contributed by atoms with Crippen molar-refractivity contribution >= 4 is 6.09 Å². The highest BCUT2D eigenvalue weighted by atomic mass is 19.4. The van der Waals surface area contributed by atoms with Gasteiger partial charge in [0.25, 0.3) is 0 Å². The summed E-state index contributed by atoms with van der Waals surface area (Å²) in [4.78, 5) is 14.9. The molecule has 1 unspecified atom stereocenters. The van der Waals surface area contributed by atoms with Crippen LogP contribution in [0.2, 0.25) is 0 Å². The van der Waals surface area contributed by atoms with Gasteiger partial charge in [-0.05, 0) is 5.56 Å². The Morgan fingerprint density at radius 1 is 1.29 bits per heavy atom. The predicted molar refractivity (Wildman–Crippen MR) is 75.7 cm³/mol. The number of amides is 1. The van der Waals surface area contributed by atoms with E-state index in [9.17, 15) is 23.1 Å². The summed E-state index contributed by atoms with van der Waals surface area (Å²) in [7, 11) is 0. The summed E-state index contributed by atoms with van der Waals surface area (Å²) in [5, 5.41) is 12.0. The van der Waals surface area contributed by atoms with Gasteiger partial charge in [0.2, 0.25) is 11.5 Å². The lowest BCUT2D eigenvalue weighted by Crippen LogP contribution is -2.45. The highest BCUT2D eigenvalue weighted by Gasteiger charge is 2.58. The SMILES string of the molecule is O=C(NCCC(O)(c1ncco1)C(F)(F)F)OCc1ccccc1. The Balaban J connectivity index is 1.86. The third-order valence-corrected chi connectivity index (χ3v) is 3.22. The maximum absolute atomic E-state index is 13.1. The maximum atomic E-state index is 13.1. The molecule has 1 aromatic heterocycles. The molecule has 0 aliphatic heterocycles. The first-order valence-electron chi connectivity index (χ1n) is 6.96. The van der Waals surface area contributed by atoms with Crippen molar-refractivity contribution in [3.8, 4) is 0 Å². The second-order valence-corrected chi connectivity index (χ2v) is 4.93. The van der Waals surface area contributed by atoms with E-state index in [0.717, 1.165) is 18.0 Å². The fourth-order valence-corrected chi connectivity index (χ4v) is 1.92. The van der Waals surface area contributed by atoms with Crippen molar-refractivity contribution in [3.63, 3.8) is 0 Å². The van der Waals surface area contributed by atoms with E-state index >= 15 is 0 Å². The fraction of sp³-hybridized carbons (Fsp3) is 0.333. The van der Waals surface area contributed by atoms with Gasteiger partial charge >= 0.3 is 12.3 Å². The molecule has 1 heterocycles. The molecule has 0 bridgehead atoms. The first kappa shape index (κ1) is 17.8. The van der Waals surface area contributed by atoms with E-state index in [0.29, 0.717) is 0 Å². The molecule has 1 atom stereocenters. The third-order valence-electron chi connectivity index (χ3n) is 3.22. The van der Waals surface area contributed by atoms with Crippen LogP contribution in [0.25, 0.3) is 0 Å². The normalized spacial score (nSPS) is 14.0. The predicted octanol–water partition coefficient (Wildman–Crippen LogP) is 2.74. The number of halogens is 3. The third kappa shape index (κ3) is 4.25. The molecule has 0 aliphatic rings. The van der Waals surface area contributed by atoms with Crippen LogP contribution in [0.4, 0.5) is 18.0 Å². The summed E-state index contributed by atoms with van der Waals surface area (Å²) in [6.45, 7) is -0.498. The van der Waals surface area contributed by atoms with E-state index in [2.05, 4.69) is 14.7 Å². The molecule has 24 heavy (non-hydrogen) atoms. The number of rotatable bonds is 6. The van der Waals surface area contributed by atoms with Crippen LogP contribution < -0.4 is 5.32 Å². The van der Waals surface area contributed by atoms with Crippen LogP contribution in [-0.2, 0) is 16.9 Å². The highest BCUT2D eigenvalue weighted by molar-refractivity contribution is 5.67. The minimum absolute atomic E-state index is 0.0179. The van der Waals surface area contributed by atoms with Gasteiger partial charge < -0.3 is 19.6 Å². The summed E-state index contributed by atoms with van der Waals surface area (Å²) in [6, 6.07) is 8.79. The second kappa shape index (κ2) is 7.35. The van der Waals surface area contributed by atoms with E-state index in [1.165, 1.54) is 0 Å². The number of nitrogens with zero attached hydrogens (tertiary/aromatic N) is 1. The number of ether oxygens (including phenoxy) is 1. The minimum atomic E-state index is -5.01. The Morgan fingerprint density at radius 2 is 2.00 bits per heavy atom. The lowest BCUT2D eigenvalue weighted by molar-refractivity contribution is -0.276. The lowest BCUT2D eigenvalue weighted by atomic mass is 9.99. The molecule has 1 aromatic carbocycles. The Labute approximate surface area is 135 Å². The number of alkyl carbamates (subject to hydrolysis) is 1. The van der Waals surface area contributed by atoms with Crippen LogP contribution >= 0.6 is 0 Å². The number of hydrogen-bond donors (Lipinski definition) is 2. The summed E-state index contributed by atoms with van der Waals surface area (Å²) in [5.74, 6) is -0.880. The van der Waals surface area contributed by atoms with E-state index < -0.39 is 36.7 Å². The minimum Gasteiger partial charge on any atom is -0.446 e. The molecular formula is C15H15F3N2O4. The Hall–Kier alpha value is -2.55. The summed E-state index contributed by atoms with van der Waals surface area (Å²) in [6.07, 6.45) is -4.85. The summed E-state index contributed by atoms with van der Waals surface area (Å²) in [5.41, 5.74) is -2.55. The molecular weight excluding hydrogens is 329 g/mol. The summed E-state index contributed by atoms with van der Waals surface area (Å²) >= 11 is 0. The largest absolute Gasteiger partial charge is 0.446 e. The van der Waals surface area contributed by atoms with Crippen LogP contribution in [0, 0.1) is 0 Å². The van der Waals surface area contributed by atoms with Gasteiger partial charge in [0.05, 0.1) is 6.20 Å². The van der Waals surface area contributed by atoms with E-state index in [1.54, 1.807) is 30.3 Å². The Bertz CT molecular complexity index is 646. The fourth-order valence-electron chi connectivity index (χ4n) is 1.92. The molecule has 0 aliphatic carbocycles. The topological polar surface area (TPSA) is 84.6 Å². The van der Waals surface area contributed by atoms with Crippen LogP contribution in [-0.4, -0.2) is 28.9 Å². The van der Waals surface area contributed by atoms with Gasteiger partial charge in [0, 0.05) is 13.0 Å². The monoisotopic (exact) mass is 344 g/mol. The molecule has 130 valence electrons. The molecule has 2 aromatic rings. The van der Waals surface area contributed by atoms with Crippen molar-refractivity contribution in [3.05, 3.63) is 54.2 Å². The number of aromatic nitrogens is 1. The van der Waals surface area contributed by atoms with Gasteiger partial charge in [-0.25, -0.2) is 9.78 Å². The maximum Gasteiger partial charge on any atom is 0.426 e. The highest BCUT2D eigenvalue weighted by Crippen LogP contribution is 2.40. The number of nitrogens with one attached hydrogen (secondary N) is 1. The van der Waals surface area contributed by atoms with E-state index in [-0.39, 0.29) is 6.61 Å². The number of alkyl halides is 3. The average molecular weight is 344 g/mol. The molecule has 0 saturated carbocycles. The number of benzene rings is 1. The zero-order chi connectivity index (χ0) is 17.6. The standard InChI is InChI=1S/C15H15F3N2O4/c16-15(17,18)14(22,12-19-8-9-23-12)6-7-20-13(21)24-10-11-4-2-1-3-5-11/h1-5,8-9,22H,6-7,10H2,(H,20,21). The molecule has 0 spiro atoms. The molecule has 0 radical (unpaired) electrons. The van der Waals surface area contributed by atoms with Crippen LogP contribution in [0.5, 0.6) is 0 Å². The zero-order valence-corrected chi connectivity index (χ0v) is 12.4. The van der Waals surface area contributed by atoms with Gasteiger partial charge in [-0.15, -0.1) is 0 Å². The van der Waals surface area contributed by atoms with Gasteiger partial charge in [-0.2, -0.15) is 13.2 Å². The summed E-state index contributed by atoms with van der Waals surface area (Å²) < 4.78 is 48.6. The quantitative estimate of drug-likeness (QED) is 0.842. The van der Waals surface area contributed by atoms with E-state index in [1.807, 2.05) is 0 Å². The number of hydrogen-bond acceptors (Lipinski definition) is 5. The van der Waals surface area contributed by atoms with Crippen molar-refractivity contribution in [2.75, 3.05) is 6.54 Å². The van der Waals surface area contributed by atoms with Gasteiger partial charge in [0.1, 0.15) is 12.9 Å². The van der Waals surface area contributed by atoms with Gasteiger partial charge in [0.15, 0.2) is 0 Å².